The SMILES string of the molecule is CCCCN(CCN)C(=O)[C@H](CC(=O)NC[C@@H]1CCCN(C(=O)O)C1)NS(=O)(=O)c1ccc2ccccc2c1. The van der Waals surface area contributed by atoms with Crippen molar-refractivity contribution in [3.63, 3.8) is 0 Å². The second-order valence-corrected chi connectivity index (χ2v) is 11.6. The number of rotatable bonds is 13. The van der Waals surface area contributed by atoms with Gasteiger partial charge < -0.3 is 26.0 Å². The monoisotopic (exact) mass is 561 g/mol. The normalized spacial score (nSPS) is 16.6. The molecule has 39 heavy (non-hydrogen) atoms. The number of nitrogens with two attached hydrogens (primary N) is 1. The van der Waals surface area contributed by atoms with Crippen molar-refractivity contribution in [2.75, 3.05) is 39.3 Å². The van der Waals surface area contributed by atoms with E-state index >= 15 is 0 Å². The quantitative estimate of drug-likeness (QED) is 0.291. The Morgan fingerprint density at radius 3 is 2.59 bits per heavy atom. The van der Waals surface area contributed by atoms with Crippen molar-refractivity contribution < 1.29 is 27.9 Å². The van der Waals surface area contributed by atoms with Gasteiger partial charge in [-0.05, 0) is 48.1 Å². The summed E-state index contributed by atoms with van der Waals surface area (Å²) >= 11 is 0. The van der Waals surface area contributed by atoms with Gasteiger partial charge in [-0.25, -0.2) is 13.2 Å². The topological polar surface area (TPSA) is 162 Å². The first kappa shape index (κ1) is 30.3. The third-order valence-electron chi connectivity index (χ3n) is 6.89. The molecule has 0 spiro atoms. The van der Waals surface area contributed by atoms with Crippen LogP contribution in [0.3, 0.4) is 0 Å². The predicted molar refractivity (Wildman–Crippen MR) is 149 cm³/mol. The Morgan fingerprint density at radius 2 is 1.90 bits per heavy atom. The van der Waals surface area contributed by atoms with Gasteiger partial charge in [-0.1, -0.05) is 43.7 Å². The van der Waals surface area contributed by atoms with Crippen molar-refractivity contribution >= 4 is 38.7 Å². The molecule has 0 unspecified atom stereocenters. The molecule has 1 aliphatic heterocycles. The van der Waals surface area contributed by atoms with Crippen LogP contribution in [0.15, 0.2) is 47.4 Å². The number of piperidine rings is 1. The van der Waals surface area contributed by atoms with Gasteiger partial charge >= 0.3 is 6.09 Å². The summed E-state index contributed by atoms with van der Waals surface area (Å²) in [6.07, 6.45) is 1.62. The zero-order chi connectivity index (χ0) is 28.4. The highest BCUT2D eigenvalue weighted by atomic mass is 32.2. The van der Waals surface area contributed by atoms with Crippen molar-refractivity contribution in [2.24, 2.45) is 11.7 Å². The molecule has 3 amide bonds. The Balaban J connectivity index is 1.77. The number of benzene rings is 2. The van der Waals surface area contributed by atoms with Gasteiger partial charge in [0.05, 0.1) is 11.3 Å². The second kappa shape index (κ2) is 14.2. The second-order valence-electron chi connectivity index (χ2n) is 9.90. The number of hydrogen-bond acceptors (Lipinski definition) is 6. The summed E-state index contributed by atoms with van der Waals surface area (Å²) in [6, 6.07) is 10.7. The van der Waals surface area contributed by atoms with E-state index < -0.39 is 40.4 Å². The largest absolute Gasteiger partial charge is 0.465 e. The van der Waals surface area contributed by atoms with Gasteiger partial charge in [0.15, 0.2) is 0 Å². The maximum Gasteiger partial charge on any atom is 0.407 e. The van der Waals surface area contributed by atoms with Crippen LogP contribution < -0.4 is 15.8 Å². The molecule has 1 aliphatic rings. The van der Waals surface area contributed by atoms with Gasteiger partial charge in [0.1, 0.15) is 6.04 Å². The summed E-state index contributed by atoms with van der Waals surface area (Å²) in [7, 11) is -4.14. The van der Waals surface area contributed by atoms with Crippen LogP contribution in [0.4, 0.5) is 4.79 Å². The molecule has 2 aromatic carbocycles. The van der Waals surface area contributed by atoms with Crippen molar-refractivity contribution in [2.45, 2.75) is 50.0 Å². The molecule has 0 aliphatic carbocycles. The number of nitrogens with one attached hydrogen (secondary N) is 2. The Morgan fingerprint density at radius 1 is 1.15 bits per heavy atom. The predicted octanol–water partition coefficient (Wildman–Crippen LogP) is 1.97. The Kier molecular flexibility index (Phi) is 11.1. The molecular formula is C27H39N5O6S. The third kappa shape index (κ3) is 8.64. The van der Waals surface area contributed by atoms with Crippen molar-refractivity contribution in [1.29, 1.82) is 0 Å². The van der Waals surface area contributed by atoms with Crippen LogP contribution in [0, 0.1) is 5.92 Å². The van der Waals surface area contributed by atoms with Gasteiger partial charge in [0.25, 0.3) is 0 Å². The minimum absolute atomic E-state index is 0.00527. The molecular weight excluding hydrogens is 522 g/mol. The number of carbonyl (C=O) groups is 3. The standard InChI is InChI=1S/C27H39N5O6S/c1-2-3-13-31(15-12-28)26(34)24(17-25(33)29-18-20-7-6-14-32(19-20)27(35)36)30-39(37,38)23-11-10-21-8-4-5-9-22(21)16-23/h4-5,8-11,16,20,24,30H,2-3,6-7,12-15,17-19,28H2,1H3,(H,29,33)(H,35,36)/t20-,24-/m0/s1. The summed E-state index contributed by atoms with van der Waals surface area (Å²) < 4.78 is 29.2. The van der Waals surface area contributed by atoms with Crippen LogP contribution in [0.5, 0.6) is 0 Å². The van der Waals surface area contributed by atoms with E-state index in [0.717, 1.165) is 23.6 Å². The van der Waals surface area contributed by atoms with E-state index in [4.69, 9.17) is 5.73 Å². The number of carboxylic acid groups (broad SMARTS) is 1. The fourth-order valence-electron chi connectivity index (χ4n) is 4.75. The minimum atomic E-state index is -4.14. The first-order chi connectivity index (χ1) is 18.6. The van der Waals surface area contributed by atoms with E-state index in [-0.39, 0.29) is 30.4 Å². The van der Waals surface area contributed by atoms with E-state index in [1.807, 2.05) is 25.1 Å². The number of fused-ring (bicyclic) bond motifs is 1. The molecule has 2 atom stereocenters. The lowest BCUT2D eigenvalue weighted by atomic mass is 9.98. The van der Waals surface area contributed by atoms with Crippen molar-refractivity contribution in [3.05, 3.63) is 42.5 Å². The van der Waals surface area contributed by atoms with Gasteiger partial charge in [-0.2, -0.15) is 4.72 Å². The lowest BCUT2D eigenvalue weighted by Gasteiger charge is -2.31. The lowest BCUT2D eigenvalue weighted by Crippen LogP contribution is -2.52. The molecule has 0 aromatic heterocycles. The van der Waals surface area contributed by atoms with E-state index in [1.54, 1.807) is 12.1 Å². The highest BCUT2D eigenvalue weighted by Gasteiger charge is 2.32. The summed E-state index contributed by atoms with van der Waals surface area (Å²) in [4.78, 5) is 40.6. The fraction of sp³-hybridized carbons (Fsp3) is 0.519. The van der Waals surface area contributed by atoms with Gasteiger partial charge in [-0.3, -0.25) is 9.59 Å². The van der Waals surface area contributed by atoms with Gasteiger partial charge in [-0.15, -0.1) is 0 Å². The fourth-order valence-corrected chi connectivity index (χ4v) is 5.97. The zero-order valence-corrected chi connectivity index (χ0v) is 23.2. The Labute approximate surface area is 229 Å². The van der Waals surface area contributed by atoms with Crippen LogP contribution in [-0.4, -0.2) is 86.5 Å². The van der Waals surface area contributed by atoms with Crippen LogP contribution in [0.2, 0.25) is 0 Å². The minimum Gasteiger partial charge on any atom is -0.465 e. The Bertz CT molecular complexity index is 1250. The zero-order valence-electron chi connectivity index (χ0n) is 22.3. The molecule has 214 valence electrons. The summed E-state index contributed by atoms with van der Waals surface area (Å²) in [6.45, 7) is 3.83. The number of unbranched alkanes of at least 4 members (excludes halogenated alkanes) is 1. The van der Waals surface area contributed by atoms with Gasteiger partial charge in [0, 0.05) is 39.3 Å². The Hall–Kier alpha value is -3.22. The molecule has 2 aromatic rings. The average Bonchev–Trinajstić information content (AvgIpc) is 2.93. The van der Waals surface area contributed by atoms with Crippen LogP contribution in [0.25, 0.3) is 10.8 Å². The first-order valence-corrected chi connectivity index (χ1v) is 14.9. The number of amides is 3. The van der Waals surface area contributed by atoms with Crippen LogP contribution >= 0.6 is 0 Å². The van der Waals surface area contributed by atoms with E-state index in [0.29, 0.717) is 32.5 Å². The average molecular weight is 562 g/mol. The molecule has 1 saturated heterocycles. The molecule has 12 heteroatoms. The van der Waals surface area contributed by atoms with Crippen molar-refractivity contribution in [3.8, 4) is 0 Å². The molecule has 1 heterocycles. The first-order valence-electron chi connectivity index (χ1n) is 13.4. The number of hydrogen-bond donors (Lipinski definition) is 4. The van der Waals surface area contributed by atoms with Crippen LogP contribution in [0.1, 0.15) is 39.0 Å². The van der Waals surface area contributed by atoms with E-state index in [2.05, 4.69) is 10.0 Å². The molecule has 0 radical (unpaired) electrons. The van der Waals surface area contributed by atoms with E-state index in [9.17, 15) is 27.9 Å². The highest BCUT2D eigenvalue weighted by molar-refractivity contribution is 7.89. The number of sulfonamides is 1. The molecule has 11 nitrogen and oxygen atoms in total. The summed E-state index contributed by atoms with van der Waals surface area (Å²) in [5, 5.41) is 13.6. The van der Waals surface area contributed by atoms with E-state index in [1.165, 1.54) is 21.9 Å². The van der Waals surface area contributed by atoms with Crippen LogP contribution in [-0.2, 0) is 19.6 Å². The third-order valence-corrected chi connectivity index (χ3v) is 8.36. The maximum atomic E-state index is 13.5. The smallest absolute Gasteiger partial charge is 0.407 e. The number of nitrogens with zero attached hydrogens (tertiary/aromatic N) is 2. The maximum absolute atomic E-state index is 13.5. The summed E-state index contributed by atoms with van der Waals surface area (Å²) in [5.74, 6) is -1.06. The molecule has 5 N–H and O–H groups in total. The molecule has 1 fully saturated rings. The lowest BCUT2D eigenvalue weighted by molar-refractivity contribution is -0.135. The highest BCUT2D eigenvalue weighted by Crippen LogP contribution is 2.20. The number of carbonyl (C=O) groups excluding carboxylic acids is 2. The van der Waals surface area contributed by atoms with Crippen molar-refractivity contribution in [1.82, 2.24) is 19.8 Å². The molecule has 0 saturated carbocycles. The molecule has 0 bridgehead atoms. The summed E-state index contributed by atoms with van der Waals surface area (Å²) in [5.41, 5.74) is 5.72. The number of likely N-dealkylation sites (tertiary alicyclic amines) is 1. The van der Waals surface area contributed by atoms with Gasteiger partial charge in [0.2, 0.25) is 21.8 Å². The molecule has 3 rings (SSSR count).